The lowest BCUT2D eigenvalue weighted by atomic mass is 10.1. The molecule has 0 spiro atoms. The van der Waals surface area contributed by atoms with Crippen molar-refractivity contribution in [2.45, 2.75) is 25.3 Å². The number of carbonyl (C=O) groups is 2. The molecule has 1 aromatic carbocycles. The van der Waals surface area contributed by atoms with Crippen LogP contribution in [-0.2, 0) is 20.9 Å². The summed E-state index contributed by atoms with van der Waals surface area (Å²) in [6, 6.07) is 4.15. The number of esters is 1. The minimum absolute atomic E-state index is 0.0660. The van der Waals surface area contributed by atoms with Crippen LogP contribution < -0.4 is 5.32 Å². The third-order valence-electron chi connectivity index (χ3n) is 3.44. The number of likely N-dealkylation sites (N-methyl/N-ethyl adjacent to an activating group) is 1. The van der Waals surface area contributed by atoms with Crippen molar-refractivity contribution < 1.29 is 24.5 Å². The fourth-order valence-electron chi connectivity index (χ4n) is 2.28. The average molecular weight is 294 g/mol. The quantitative estimate of drug-likeness (QED) is 0.535. The highest BCUT2D eigenvalue weighted by Crippen LogP contribution is 2.26. The van der Waals surface area contributed by atoms with E-state index in [1.807, 2.05) is 0 Å². The monoisotopic (exact) mass is 294 g/mol. The molecule has 0 fully saturated rings. The van der Waals surface area contributed by atoms with Crippen LogP contribution in [0, 0.1) is 0 Å². The van der Waals surface area contributed by atoms with Crippen LogP contribution in [-0.4, -0.2) is 47.2 Å². The minimum atomic E-state index is -1.56. The maximum absolute atomic E-state index is 12.2. The predicted octanol–water partition coefficient (Wildman–Crippen LogP) is -0.0146. The molecule has 1 atom stereocenters. The van der Waals surface area contributed by atoms with Gasteiger partial charge in [0, 0.05) is 24.8 Å². The fourth-order valence-corrected chi connectivity index (χ4v) is 2.28. The van der Waals surface area contributed by atoms with Gasteiger partial charge in [-0.15, -0.1) is 0 Å². The van der Waals surface area contributed by atoms with Crippen molar-refractivity contribution in [2.24, 2.45) is 0 Å². The van der Waals surface area contributed by atoms with E-state index in [2.05, 4.69) is 10.1 Å². The Morgan fingerprint density at radius 1 is 1.52 bits per heavy atom. The number of nitrogens with zero attached hydrogens (tertiary/aromatic N) is 1. The first kappa shape index (κ1) is 15.3. The number of benzene rings is 1. The summed E-state index contributed by atoms with van der Waals surface area (Å²) in [4.78, 5) is 25.1. The van der Waals surface area contributed by atoms with Crippen molar-refractivity contribution in [1.82, 2.24) is 4.90 Å². The van der Waals surface area contributed by atoms with Gasteiger partial charge in [0.15, 0.2) is 6.29 Å². The molecule has 7 heteroatoms. The molecule has 1 aliphatic heterocycles. The van der Waals surface area contributed by atoms with Crippen LogP contribution in [0.25, 0.3) is 0 Å². The highest BCUT2D eigenvalue weighted by molar-refractivity contribution is 5.90. The second-order valence-electron chi connectivity index (χ2n) is 4.96. The molecule has 1 heterocycles. The van der Waals surface area contributed by atoms with Crippen LogP contribution in [0.1, 0.15) is 23.8 Å². The molecule has 1 aromatic rings. The smallest absolute Gasteiger partial charge is 0.308 e. The summed E-state index contributed by atoms with van der Waals surface area (Å²) in [5.74, 6) is -0.692. The van der Waals surface area contributed by atoms with Gasteiger partial charge in [-0.25, -0.2) is 0 Å². The normalized spacial score (nSPS) is 18.0. The molecular weight excluding hydrogens is 276 g/mol. The Kier molecular flexibility index (Phi) is 4.44. The summed E-state index contributed by atoms with van der Waals surface area (Å²) in [7, 11) is 2.90. The second-order valence-corrected chi connectivity index (χ2v) is 4.96. The first-order chi connectivity index (χ1) is 9.92. The Hall–Kier alpha value is -2.12. The van der Waals surface area contributed by atoms with Gasteiger partial charge in [-0.2, -0.15) is 0 Å². The van der Waals surface area contributed by atoms with E-state index in [4.69, 9.17) is 0 Å². The zero-order valence-electron chi connectivity index (χ0n) is 11.9. The first-order valence-electron chi connectivity index (χ1n) is 6.49. The molecule has 0 saturated heterocycles. The Morgan fingerprint density at radius 2 is 2.24 bits per heavy atom. The van der Waals surface area contributed by atoms with Gasteiger partial charge in [0.1, 0.15) is 6.04 Å². The van der Waals surface area contributed by atoms with Crippen LogP contribution in [0.15, 0.2) is 18.2 Å². The maximum atomic E-state index is 12.2. The van der Waals surface area contributed by atoms with Crippen molar-refractivity contribution in [2.75, 3.05) is 19.5 Å². The van der Waals surface area contributed by atoms with Crippen LogP contribution in [0.5, 0.6) is 0 Å². The Bertz CT molecular complexity index is 558. The largest absolute Gasteiger partial charge is 0.469 e. The van der Waals surface area contributed by atoms with Gasteiger partial charge in [-0.3, -0.25) is 9.59 Å². The number of methoxy groups -OCH3 is 1. The molecule has 7 nitrogen and oxygen atoms in total. The number of ether oxygens (including phenoxy) is 1. The lowest BCUT2D eigenvalue weighted by molar-refractivity contribution is -0.143. The molecule has 0 aromatic heterocycles. The molecule has 21 heavy (non-hydrogen) atoms. The molecule has 0 bridgehead atoms. The topological polar surface area (TPSA) is 99.1 Å². The number of nitrogens with one attached hydrogen (secondary N) is 1. The van der Waals surface area contributed by atoms with E-state index in [0.29, 0.717) is 17.8 Å². The van der Waals surface area contributed by atoms with E-state index in [1.165, 1.54) is 12.0 Å². The Balaban J connectivity index is 2.31. The zero-order chi connectivity index (χ0) is 15.6. The number of anilines is 1. The summed E-state index contributed by atoms with van der Waals surface area (Å²) < 4.78 is 4.60. The third-order valence-corrected chi connectivity index (χ3v) is 3.44. The summed E-state index contributed by atoms with van der Waals surface area (Å²) in [5.41, 5.74) is 1.79. The van der Waals surface area contributed by atoms with Crippen LogP contribution >= 0.6 is 0 Å². The number of hydrogen-bond acceptors (Lipinski definition) is 6. The summed E-state index contributed by atoms with van der Waals surface area (Å²) >= 11 is 0. The SMILES string of the molecule is COC(=O)CC1Nc2ccc(C(O)O)cc2CN(C)C1=O. The summed E-state index contributed by atoms with van der Waals surface area (Å²) in [6.45, 7) is 0.319. The Labute approximate surface area is 122 Å². The lowest BCUT2D eigenvalue weighted by Gasteiger charge is -2.19. The van der Waals surface area contributed by atoms with E-state index in [-0.39, 0.29) is 12.3 Å². The molecule has 2 rings (SSSR count). The van der Waals surface area contributed by atoms with Crippen molar-refractivity contribution in [3.8, 4) is 0 Å². The van der Waals surface area contributed by atoms with E-state index in [9.17, 15) is 19.8 Å². The second kappa shape index (κ2) is 6.11. The molecule has 0 saturated carbocycles. The van der Waals surface area contributed by atoms with Gasteiger partial charge in [0.05, 0.1) is 13.5 Å². The number of aliphatic hydroxyl groups is 2. The highest BCUT2D eigenvalue weighted by Gasteiger charge is 2.29. The molecular formula is C14H18N2O5. The molecule has 0 radical (unpaired) electrons. The number of aliphatic hydroxyl groups excluding tert-OH is 1. The number of carbonyl (C=O) groups excluding carboxylic acids is 2. The molecule has 3 N–H and O–H groups in total. The number of amides is 1. The van der Waals surface area contributed by atoms with E-state index >= 15 is 0 Å². The standard InChI is InChI=1S/C14H18N2O5/c1-16-7-9-5-8(14(19)20)3-4-10(9)15-11(13(16)18)6-12(17)21-2/h3-5,11,14-15,19-20H,6-7H2,1-2H3. The van der Waals surface area contributed by atoms with Gasteiger partial charge in [-0.1, -0.05) is 6.07 Å². The number of fused-ring (bicyclic) bond motifs is 1. The predicted molar refractivity (Wildman–Crippen MR) is 74.1 cm³/mol. The van der Waals surface area contributed by atoms with E-state index < -0.39 is 18.3 Å². The first-order valence-corrected chi connectivity index (χ1v) is 6.49. The molecule has 1 amide bonds. The van der Waals surface area contributed by atoms with Crippen molar-refractivity contribution in [3.63, 3.8) is 0 Å². The average Bonchev–Trinajstić information content (AvgIpc) is 2.56. The Morgan fingerprint density at radius 3 is 2.86 bits per heavy atom. The summed E-state index contributed by atoms with van der Waals surface area (Å²) in [5, 5.41) is 21.4. The third kappa shape index (κ3) is 3.32. The van der Waals surface area contributed by atoms with Crippen molar-refractivity contribution >= 4 is 17.6 Å². The molecule has 114 valence electrons. The summed E-state index contributed by atoms with van der Waals surface area (Å²) in [6.07, 6.45) is -1.63. The zero-order valence-corrected chi connectivity index (χ0v) is 11.9. The fraction of sp³-hybridized carbons (Fsp3) is 0.429. The molecule has 1 aliphatic rings. The van der Waals surface area contributed by atoms with Gasteiger partial charge in [-0.05, 0) is 17.7 Å². The van der Waals surface area contributed by atoms with Gasteiger partial charge in [0.25, 0.3) is 0 Å². The van der Waals surface area contributed by atoms with Crippen molar-refractivity contribution in [3.05, 3.63) is 29.3 Å². The van der Waals surface area contributed by atoms with E-state index in [1.54, 1.807) is 25.2 Å². The molecule has 1 unspecified atom stereocenters. The highest BCUT2D eigenvalue weighted by atomic mass is 16.5. The van der Waals surface area contributed by atoms with Crippen LogP contribution in [0.3, 0.4) is 0 Å². The lowest BCUT2D eigenvalue weighted by Crippen LogP contribution is -2.39. The van der Waals surface area contributed by atoms with Gasteiger partial charge < -0.3 is 25.2 Å². The minimum Gasteiger partial charge on any atom is -0.469 e. The number of hydrogen-bond donors (Lipinski definition) is 3. The van der Waals surface area contributed by atoms with Crippen molar-refractivity contribution in [1.29, 1.82) is 0 Å². The molecule has 0 aliphatic carbocycles. The van der Waals surface area contributed by atoms with Crippen LogP contribution in [0.4, 0.5) is 5.69 Å². The van der Waals surface area contributed by atoms with Gasteiger partial charge in [0.2, 0.25) is 5.91 Å². The number of rotatable bonds is 3. The van der Waals surface area contributed by atoms with Crippen LogP contribution in [0.2, 0.25) is 0 Å². The maximum Gasteiger partial charge on any atom is 0.308 e. The van der Waals surface area contributed by atoms with E-state index in [0.717, 1.165) is 5.56 Å². The van der Waals surface area contributed by atoms with Gasteiger partial charge >= 0.3 is 5.97 Å².